The molecular weight excluding hydrogens is 282 g/mol. The molecule has 3 fully saturated rings. The van der Waals surface area contributed by atoms with Crippen molar-refractivity contribution in [3.05, 3.63) is 0 Å². The average Bonchev–Trinajstić information content (AvgIpc) is 2.55. The van der Waals surface area contributed by atoms with Crippen molar-refractivity contribution in [2.75, 3.05) is 31.2 Å². The van der Waals surface area contributed by atoms with E-state index in [9.17, 15) is 4.79 Å². The zero-order valence-corrected chi connectivity index (χ0v) is 14.1. The highest BCUT2D eigenvalue weighted by molar-refractivity contribution is 7.99. The highest BCUT2D eigenvalue weighted by Crippen LogP contribution is 2.44. The lowest BCUT2D eigenvalue weighted by atomic mass is 9.66. The Balaban J connectivity index is 1.71. The van der Waals surface area contributed by atoms with E-state index in [1.165, 1.54) is 11.5 Å². The summed E-state index contributed by atoms with van der Waals surface area (Å²) in [5, 5.41) is 3.41. The van der Waals surface area contributed by atoms with Crippen LogP contribution in [0.1, 0.15) is 51.9 Å². The molecule has 0 saturated carbocycles. The quantitative estimate of drug-likeness (QED) is 0.869. The minimum absolute atomic E-state index is 0.0334. The number of piperidine rings is 1. The number of hydrogen-bond acceptors (Lipinski definition) is 4. The fraction of sp³-hybridized carbons (Fsp3) is 0.941. The fourth-order valence-corrected chi connectivity index (χ4v) is 5.69. The van der Waals surface area contributed by atoms with Crippen LogP contribution >= 0.6 is 11.8 Å². The van der Waals surface area contributed by atoms with Gasteiger partial charge in [-0.25, -0.2) is 0 Å². The highest BCUT2D eigenvalue weighted by atomic mass is 32.2. The van der Waals surface area contributed by atoms with E-state index >= 15 is 0 Å². The van der Waals surface area contributed by atoms with Crippen LogP contribution in [0.15, 0.2) is 0 Å². The number of ether oxygens (including phenoxy) is 1. The Morgan fingerprint density at radius 1 is 1.24 bits per heavy atom. The third-order valence-electron chi connectivity index (χ3n) is 6.03. The maximum Gasteiger partial charge on any atom is 0.142 e. The van der Waals surface area contributed by atoms with Crippen molar-refractivity contribution >= 4 is 17.5 Å². The van der Waals surface area contributed by atoms with E-state index in [0.29, 0.717) is 5.78 Å². The van der Waals surface area contributed by atoms with Gasteiger partial charge in [-0.3, -0.25) is 4.79 Å². The van der Waals surface area contributed by atoms with Gasteiger partial charge in [0.1, 0.15) is 5.78 Å². The second kappa shape index (κ2) is 6.59. The molecule has 1 unspecified atom stereocenters. The lowest BCUT2D eigenvalue weighted by Crippen LogP contribution is -2.49. The molecule has 1 spiro atoms. The summed E-state index contributed by atoms with van der Waals surface area (Å²) in [6.45, 7) is 5.00. The lowest BCUT2D eigenvalue weighted by Gasteiger charge is -2.46. The number of Topliss-reactive ketones (excluding diaryl/α,β-unsaturated/α-hetero) is 1. The van der Waals surface area contributed by atoms with Gasteiger partial charge in [0.15, 0.2) is 0 Å². The second-order valence-electron chi connectivity index (χ2n) is 7.08. The van der Waals surface area contributed by atoms with Crippen LogP contribution < -0.4 is 5.32 Å². The summed E-state index contributed by atoms with van der Waals surface area (Å²) in [4.78, 5) is 13.2. The summed E-state index contributed by atoms with van der Waals surface area (Å²) in [7, 11) is 0. The van der Waals surface area contributed by atoms with Crippen LogP contribution in [0.2, 0.25) is 0 Å². The number of thioether (sulfide) groups is 1. The molecule has 3 aliphatic heterocycles. The predicted octanol–water partition coefficient (Wildman–Crippen LogP) is 3.03. The molecular formula is C17H29NO2S. The molecule has 3 aliphatic rings. The van der Waals surface area contributed by atoms with Gasteiger partial charge in [0, 0.05) is 17.9 Å². The Morgan fingerprint density at radius 3 is 2.62 bits per heavy atom. The third kappa shape index (κ3) is 3.18. The van der Waals surface area contributed by atoms with Crippen molar-refractivity contribution in [3.63, 3.8) is 0 Å². The molecule has 1 N–H and O–H groups in total. The second-order valence-corrected chi connectivity index (χ2v) is 8.31. The topological polar surface area (TPSA) is 38.3 Å². The SMILES string of the molecule is CCC1(C(=O)C2CCOC3(CCSCC3)C2)CCNCC1. The van der Waals surface area contributed by atoms with Crippen molar-refractivity contribution in [1.82, 2.24) is 5.32 Å². The maximum atomic E-state index is 13.2. The normalized spacial score (nSPS) is 32.0. The van der Waals surface area contributed by atoms with Crippen LogP contribution in [0.25, 0.3) is 0 Å². The van der Waals surface area contributed by atoms with Crippen LogP contribution in [0.4, 0.5) is 0 Å². The largest absolute Gasteiger partial charge is 0.375 e. The maximum absolute atomic E-state index is 13.2. The molecule has 0 aromatic carbocycles. The number of ketones is 1. The van der Waals surface area contributed by atoms with E-state index in [-0.39, 0.29) is 16.9 Å². The molecule has 1 atom stereocenters. The summed E-state index contributed by atoms with van der Waals surface area (Å²) in [6.07, 6.45) is 7.29. The van der Waals surface area contributed by atoms with Gasteiger partial charge in [-0.05, 0) is 69.5 Å². The van der Waals surface area contributed by atoms with Crippen molar-refractivity contribution in [3.8, 4) is 0 Å². The molecule has 0 bridgehead atoms. The minimum atomic E-state index is -0.0438. The van der Waals surface area contributed by atoms with Crippen LogP contribution in [-0.2, 0) is 9.53 Å². The molecule has 0 aromatic rings. The van der Waals surface area contributed by atoms with E-state index in [0.717, 1.165) is 64.6 Å². The van der Waals surface area contributed by atoms with Crippen molar-refractivity contribution in [1.29, 1.82) is 0 Å². The van der Waals surface area contributed by atoms with Gasteiger partial charge in [-0.15, -0.1) is 0 Å². The summed E-state index contributed by atoms with van der Waals surface area (Å²) in [5.74, 6) is 3.21. The lowest BCUT2D eigenvalue weighted by molar-refractivity contribution is -0.149. The van der Waals surface area contributed by atoms with Gasteiger partial charge in [0.25, 0.3) is 0 Å². The number of carbonyl (C=O) groups excluding carboxylic acids is 1. The summed E-state index contributed by atoms with van der Waals surface area (Å²) in [6, 6.07) is 0. The molecule has 3 heterocycles. The first-order chi connectivity index (χ1) is 10.2. The molecule has 3 saturated heterocycles. The first-order valence-electron chi connectivity index (χ1n) is 8.66. The molecule has 0 aliphatic carbocycles. The molecule has 3 nitrogen and oxygen atoms in total. The Labute approximate surface area is 133 Å². The van der Waals surface area contributed by atoms with Gasteiger partial charge < -0.3 is 10.1 Å². The van der Waals surface area contributed by atoms with Crippen LogP contribution in [0, 0.1) is 11.3 Å². The Bertz CT molecular complexity index is 367. The monoisotopic (exact) mass is 311 g/mol. The van der Waals surface area contributed by atoms with Crippen LogP contribution in [0.3, 0.4) is 0 Å². The number of nitrogens with one attached hydrogen (secondary N) is 1. The first kappa shape index (κ1) is 15.8. The van der Waals surface area contributed by atoms with Crippen LogP contribution in [0.5, 0.6) is 0 Å². The smallest absolute Gasteiger partial charge is 0.142 e. The number of rotatable bonds is 3. The van der Waals surface area contributed by atoms with Crippen molar-refractivity contribution < 1.29 is 9.53 Å². The highest BCUT2D eigenvalue weighted by Gasteiger charge is 2.46. The molecule has 0 amide bonds. The number of carbonyl (C=O) groups is 1. The predicted molar refractivity (Wildman–Crippen MR) is 87.8 cm³/mol. The fourth-order valence-electron chi connectivity index (χ4n) is 4.46. The van der Waals surface area contributed by atoms with Gasteiger partial charge in [-0.2, -0.15) is 11.8 Å². The zero-order chi connectivity index (χ0) is 14.8. The standard InChI is InChI=1S/C17H29NO2S/c1-2-16(4-8-18-9-5-16)15(19)14-3-10-20-17(13-14)6-11-21-12-7-17/h14,18H,2-13H2,1H3. The molecule has 0 radical (unpaired) electrons. The molecule has 120 valence electrons. The van der Waals surface area contributed by atoms with Gasteiger partial charge in [0.05, 0.1) is 5.60 Å². The Hall–Kier alpha value is -0.0600. The Morgan fingerprint density at radius 2 is 1.95 bits per heavy atom. The summed E-state index contributed by atoms with van der Waals surface area (Å²) in [5.41, 5.74) is -0.0104. The molecule has 3 rings (SSSR count). The van der Waals surface area contributed by atoms with Gasteiger partial charge >= 0.3 is 0 Å². The summed E-state index contributed by atoms with van der Waals surface area (Å²) >= 11 is 2.03. The van der Waals surface area contributed by atoms with Gasteiger partial charge in [-0.1, -0.05) is 6.92 Å². The van der Waals surface area contributed by atoms with Gasteiger partial charge in [0.2, 0.25) is 0 Å². The molecule has 4 heteroatoms. The Kier molecular flexibility index (Phi) is 4.97. The number of hydrogen-bond donors (Lipinski definition) is 1. The minimum Gasteiger partial charge on any atom is -0.375 e. The van der Waals surface area contributed by atoms with E-state index in [4.69, 9.17) is 4.74 Å². The first-order valence-corrected chi connectivity index (χ1v) is 9.82. The summed E-state index contributed by atoms with van der Waals surface area (Å²) < 4.78 is 6.16. The molecule has 0 aromatic heterocycles. The molecule has 21 heavy (non-hydrogen) atoms. The van der Waals surface area contributed by atoms with Crippen LogP contribution in [-0.4, -0.2) is 42.6 Å². The zero-order valence-electron chi connectivity index (χ0n) is 13.3. The van der Waals surface area contributed by atoms with E-state index in [1.54, 1.807) is 0 Å². The van der Waals surface area contributed by atoms with E-state index in [1.807, 2.05) is 11.8 Å². The average molecular weight is 311 g/mol. The van der Waals surface area contributed by atoms with E-state index in [2.05, 4.69) is 12.2 Å². The van der Waals surface area contributed by atoms with Crippen molar-refractivity contribution in [2.45, 2.75) is 57.5 Å². The van der Waals surface area contributed by atoms with Crippen molar-refractivity contribution in [2.24, 2.45) is 11.3 Å². The van der Waals surface area contributed by atoms with E-state index < -0.39 is 0 Å². The third-order valence-corrected chi connectivity index (χ3v) is 7.01.